The van der Waals surface area contributed by atoms with Crippen LogP contribution in [0.25, 0.3) is 0 Å². The second-order valence-corrected chi connectivity index (χ2v) is 5.83. The smallest absolute Gasteiger partial charge is 0.230 e. The van der Waals surface area contributed by atoms with Crippen molar-refractivity contribution in [2.45, 2.75) is 25.4 Å². The number of hydrogen-bond donors (Lipinski definition) is 3. The number of β-amino-alcohol motifs (C(OH)–C–C–N with tert-alkyl or cyclic N) is 1. The van der Waals surface area contributed by atoms with Crippen LogP contribution in [0.3, 0.4) is 0 Å². The van der Waals surface area contributed by atoms with Gasteiger partial charge < -0.3 is 15.7 Å². The van der Waals surface area contributed by atoms with Crippen molar-refractivity contribution < 1.29 is 14.3 Å². The van der Waals surface area contributed by atoms with Gasteiger partial charge in [0.05, 0.1) is 11.5 Å². The highest BCUT2D eigenvalue weighted by Gasteiger charge is 2.31. The molecule has 2 unspecified atom stereocenters. The molecule has 1 amide bonds. The number of amides is 1. The monoisotopic (exact) mass is 280 g/mol. The maximum atomic E-state index is 12.9. The Morgan fingerprint density at radius 3 is 2.60 bits per heavy atom. The van der Waals surface area contributed by atoms with E-state index in [9.17, 15) is 14.3 Å². The lowest BCUT2D eigenvalue weighted by atomic mass is 9.83. The first-order valence-electron chi connectivity index (χ1n) is 6.84. The molecule has 1 aliphatic rings. The predicted molar refractivity (Wildman–Crippen MR) is 74.8 cm³/mol. The van der Waals surface area contributed by atoms with E-state index in [0.717, 1.165) is 5.56 Å². The quantitative estimate of drug-likeness (QED) is 0.764. The summed E-state index contributed by atoms with van der Waals surface area (Å²) in [6, 6.07) is 5.96. The Morgan fingerprint density at radius 1 is 1.40 bits per heavy atom. The molecule has 1 saturated heterocycles. The van der Waals surface area contributed by atoms with E-state index in [4.69, 9.17) is 0 Å². The molecule has 0 aliphatic carbocycles. The minimum Gasteiger partial charge on any atom is -0.391 e. The van der Waals surface area contributed by atoms with Gasteiger partial charge in [-0.05, 0) is 31.5 Å². The Labute approximate surface area is 118 Å². The van der Waals surface area contributed by atoms with Crippen LogP contribution in [0, 0.1) is 11.7 Å². The van der Waals surface area contributed by atoms with Crippen LogP contribution in [0.15, 0.2) is 24.3 Å². The van der Waals surface area contributed by atoms with Crippen LogP contribution in [-0.4, -0.2) is 36.8 Å². The van der Waals surface area contributed by atoms with Crippen LogP contribution in [0.5, 0.6) is 0 Å². The molecule has 110 valence electrons. The molecule has 0 saturated carbocycles. The number of hydrogen-bond acceptors (Lipinski definition) is 3. The van der Waals surface area contributed by atoms with Crippen LogP contribution in [0.2, 0.25) is 0 Å². The Balaban J connectivity index is 1.98. The van der Waals surface area contributed by atoms with Gasteiger partial charge in [-0.2, -0.15) is 0 Å². The van der Waals surface area contributed by atoms with E-state index >= 15 is 0 Å². The zero-order valence-corrected chi connectivity index (χ0v) is 11.8. The normalized spacial score (nSPS) is 22.8. The molecular weight excluding hydrogens is 259 g/mol. The SMILES string of the molecule is CC(C)(C(=O)NCC1CNCC1O)c1ccc(F)cc1. The molecule has 3 N–H and O–H groups in total. The van der Waals surface area contributed by atoms with Crippen LogP contribution < -0.4 is 10.6 Å². The number of nitrogens with one attached hydrogen (secondary N) is 2. The van der Waals surface area contributed by atoms with Crippen molar-refractivity contribution in [2.24, 2.45) is 5.92 Å². The molecule has 1 aromatic rings. The first-order valence-corrected chi connectivity index (χ1v) is 6.84. The van der Waals surface area contributed by atoms with Crippen molar-refractivity contribution in [3.8, 4) is 0 Å². The average molecular weight is 280 g/mol. The fraction of sp³-hybridized carbons (Fsp3) is 0.533. The molecule has 2 rings (SSSR count). The molecule has 4 nitrogen and oxygen atoms in total. The molecule has 2 atom stereocenters. The molecule has 1 aromatic carbocycles. The number of carbonyl (C=O) groups is 1. The Bertz CT molecular complexity index is 473. The molecule has 0 radical (unpaired) electrons. The van der Waals surface area contributed by atoms with Gasteiger partial charge in [-0.15, -0.1) is 0 Å². The Kier molecular flexibility index (Phi) is 4.40. The van der Waals surface area contributed by atoms with Gasteiger partial charge in [-0.1, -0.05) is 12.1 Å². The van der Waals surface area contributed by atoms with Gasteiger partial charge in [0.25, 0.3) is 0 Å². The van der Waals surface area contributed by atoms with Gasteiger partial charge in [0.15, 0.2) is 0 Å². The highest BCUT2D eigenvalue weighted by molar-refractivity contribution is 5.87. The molecule has 5 heteroatoms. The van der Waals surface area contributed by atoms with Gasteiger partial charge in [-0.25, -0.2) is 4.39 Å². The maximum absolute atomic E-state index is 12.9. The topological polar surface area (TPSA) is 61.4 Å². The first kappa shape index (κ1) is 14.9. The summed E-state index contributed by atoms with van der Waals surface area (Å²) < 4.78 is 12.9. The predicted octanol–water partition coefficient (Wildman–Crippen LogP) is 0.800. The summed E-state index contributed by atoms with van der Waals surface area (Å²) in [5, 5.41) is 15.7. The summed E-state index contributed by atoms with van der Waals surface area (Å²) in [7, 11) is 0. The summed E-state index contributed by atoms with van der Waals surface area (Å²) >= 11 is 0. The van der Waals surface area contributed by atoms with Crippen LogP contribution in [-0.2, 0) is 10.2 Å². The highest BCUT2D eigenvalue weighted by atomic mass is 19.1. The summed E-state index contributed by atoms with van der Waals surface area (Å²) in [5.74, 6) is -0.392. The summed E-state index contributed by atoms with van der Waals surface area (Å²) in [5.41, 5.74) is 0.0338. The average Bonchev–Trinajstić information content (AvgIpc) is 2.82. The van der Waals surface area contributed by atoms with Gasteiger partial charge >= 0.3 is 0 Å². The minimum atomic E-state index is -0.731. The number of halogens is 1. The van der Waals surface area contributed by atoms with Gasteiger partial charge in [0, 0.05) is 25.6 Å². The highest BCUT2D eigenvalue weighted by Crippen LogP contribution is 2.23. The van der Waals surface area contributed by atoms with Crippen molar-refractivity contribution in [2.75, 3.05) is 19.6 Å². The van der Waals surface area contributed by atoms with E-state index < -0.39 is 11.5 Å². The minimum absolute atomic E-state index is 0.0444. The third-order valence-corrected chi connectivity index (χ3v) is 3.96. The van der Waals surface area contributed by atoms with E-state index in [2.05, 4.69) is 10.6 Å². The van der Waals surface area contributed by atoms with Crippen molar-refractivity contribution in [1.29, 1.82) is 0 Å². The molecule has 20 heavy (non-hydrogen) atoms. The second kappa shape index (κ2) is 5.89. The van der Waals surface area contributed by atoms with Crippen LogP contribution >= 0.6 is 0 Å². The van der Waals surface area contributed by atoms with Crippen molar-refractivity contribution >= 4 is 5.91 Å². The lowest BCUT2D eigenvalue weighted by molar-refractivity contribution is -0.125. The first-order chi connectivity index (χ1) is 9.41. The van der Waals surface area contributed by atoms with Gasteiger partial charge in [0.2, 0.25) is 5.91 Å². The van der Waals surface area contributed by atoms with Gasteiger partial charge in [0.1, 0.15) is 5.82 Å². The fourth-order valence-electron chi connectivity index (χ4n) is 2.37. The van der Waals surface area contributed by atoms with E-state index in [1.165, 1.54) is 12.1 Å². The lowest BCUT2D eigenvalue weighted by Crippen LogP contribution is -2.43. The van der Waals surface area contributed by atoms with Crippen LogP contribution in [0.1, 0.15) is 19.4 Å². The molecule has 1 heterocycles. The molecule has 0 spiro atoms. The number of rotatable bonds is 4. The number of carbonyl (C=O) groups excluding carboxylic acids is 1. The zero-order chi connectivity index (χ0) is 14.8. The summed E-state index contributed by atoms with van der Waals surface area (Å²) in [6.07, 6.45) is -0.413. The summed E-state index contributed by atoms with van der Waals surface area (Å²) in [6.45, 7) is 5.33. The van der Waals surface area contributed by atoms with Crippen molar-refractivity contribution in [3.63, 3.8) is 0 Å². The third kappa shape index (κ3) is 3.16. The van der Waals surface area contributed by atoms with E-state index in [-0.39, 0.29) is 17.6 Å². The standard InChI is InChI=1S/C15H21FN2O2/c1-15(2,11-3-5-12(16)6-4-11)14(20)18-8-10-7-17-9-13(10)19/h3-6,10,13,17,19H,7-9H2,1-2H3,(H,18,20). The Morgan fingerprint density at radius 2 is 2.05 bits per heavy atom. The van der Waals surface area contributed by atoms with E-state index in [1.54, 1.807) is 26.0 Å². The molecular formula is C15H21FN2O2. The molecule has 1 aliphatic heterocycles. The second-order valence-electron chi connectivity index (χ2n) is 5.83. The van der Waals surface area contributed by atoms with Gasteiger partial charge in [-0.3, -0.25) is 4.79 Å². The van der Waals surface area contributed by atoms with E-state index in [1.807, 2.05) is 0 Å². The molecule has 0 bridgehead atoms. The largest absolute Gasteiger partial charge is 0.391 e. The Hall–Kier alpha value is -1.46. The number of benzene rings is 1. The lowest BCUT2D eigenvalue weighted by Gasteiger charge is -2.25. The van der Waals surface area contributed by atoms with Crippen molar-refractivity contribution in [1.82, 2.24) is 10.6 Å². The van der Waals surface area contributed by atoms with Crippen molar-refractivity contribution in [3.05, 3.63) is 35.6 Å². The molecule has 0 aromatic heterocycles. The fourth-order valence-corrected chi connectivity index (χ4v) is 2.37. The van der Waals surface area contributed by atoms with Crippen LogP contribution in [0.4, 0.5) is 4.39 Å². The number of aliphatic hydroxyl groups is 1. The number of aliphatic hydroxyl groups excluding tert-OH is 1. The van der Waals surface area contributed by atoms with E-state index in [0.29, 0.717) is 19.6 Å². The summed E-state index contributed by atoms with van der Waals surface area (Å²) in [4.78, 5) is 12.3. The zero-order valence-electron chi connectivity index (χ0n) is 11.8. The molecule has 1 fully saturated rings. The maximum Gasteiger partial charge on any atom is 0.230 e. The third-order valence-electron chi connectivity index (χ3n) is 3.96.